The topological polar surface area (TPSA) is 15.3 Å². The molecule has 0 unspecified atom stereocenters. The molecule has 1 aromatic carbocycles. The molecule has 1 aromatic heterocycles. The van der Waals surface area contributed by atoms with E-state index in [-0.39, 0.29) is 18.0 Å². The van der Waals surface area contributed by atoms with Gasteiger partial charge in [-0.15, -0.1) is 23.7 Å². The van der Waals surface area contributed by atoms with Crippen molar-refractivity contribution in [3.63, 3.8) is 0 Å². The van der Waals surface area contributed by atoms with Crippen LogP contribution < -0.4 is 5.32 Å². The standard InChI is InChI=1S/C15H14ClF3N2S.ClH/c16-12-4-3-11(22-12)15(21-7-5-20-6-8-21)13-9(17)1-2-10(18)14(13)19;/h1-4,15,20H,5-8H2;1H/t15-;/m0./s1. The second kappa shape index (κ2) is 7.85. The van der Waals surface area contributed by atoms with E-state index in [9.17, 15) is 13.2 Å². The molecule has 8 heteroatoms. The normalized spacial score (nSPS) is 16.9. The molecule has 0 aliphatic carbocycles. The summed E-state index contributed by atoms with van der Waals surface area (Å²) in [6.45, 7) is 2.67. The molecule has 0 radical (unpaired) electrons. The second-order valence-electron chi connectivity index (χ2n) is 5.09. The third-order valence-corrected chi connectivity index (χ3v) is 5.02. The number of halogens is 5. The average Bonchev–Trinajstić information content (AvgIpc) is 2.94. The maximum absolute atomic E-state index is 14.3. The zero-order chi connectivity index (χ0) is 15.7. The Bertz CT molecular complexity index is 675. The summed E-state index contributed by atoms with van der Waals surface area (Å²) < 4.78 is 42.7. The van der Waals surface area contributed by atoms with Gasteiger partial charge in [0.15, 0.2) is 11.6 Å². The van der Waals surface area contributed by atoms with Crippen LogP contribution in [0.15, 0.2) is 24.3 Å². The Morgan fingerprint density at radius 1 is 1.04 bits per heavy atom. The van der Waals surface area contributed by atoms with Crippen LogP contribution in [0.4, 0.5) is 13.2 Å². The van der Waals surface area contributed by atoms with Gasteiger partial charge in [-0.3, -0.25) is 4.90 Å². The molecule has 0 amide bonds. The SMILES string of the molecule is Cl.Fc1ccc(F)c([C@H](c2ccc(Cl)s2)N2CCNCC2)c1F. The Morgan fingerprint density at radius 2 is 1.70 bits per heavy atom. The highest BCUT2D eigenvalue weighted by atomic mass is 35.5. The Morgan fingerprint density at radius 3 is 2.30 bits per heavy atom. The number of nitrogens with one attached hydrogen (secondary N) is 1. The van der Waals surface area contributed by atoms with Crippen LogP contribution in [0, 0.1) is 17.5 Å². The summed E-state index contributed by atoms with van der Waals surface area (Å²) in [5.74, 6) is -2.92. The van der Waals surface area contributed by atoms with E-state index in [1.54, 1.807) is 12.1 Å². The van der Waals surface area contributed by atoms with Gasteiger partial charge in [0.2, 0.25) is 0 Å². The van der Waals surface area contributed by atoms with Gasteiger partial charge in [0.05, 0.1) is 10.4 Å². The summed E-state index contributed by atoms with van der Waals surface area (Å²) in [4.78, 5) is 2.65. The molecule has 0 bridgehead atoms. The molecule has 2 nitrogen and oxygen atoms in total. The van der Waals surface area contributed by atoms with E-state index in [1.807, 2.05) is 4.90 Å². The van der Waals surface area contributed by atoms with Gasteiger partial charge >= 0.3 is 0 Å². The summed E-state index contributed by atoms with van der Waals surface area (Å²) in [6, 6.07) is 4.54. The van der Waals surface area contributed by atoms with Crippen LogP contribution in [-0.4, -0.2) is 31.1 Å². The van der Waals surface area contributed by atoms with E-state index < -0.39 is 23.5 Å². The lowest BCUT2D eigenvalue weighted by molar-refractivity contribution is 0.193. The van der Waals surface area contributed by atoms with Crippen molar-refractivity contribution in [3.8, 4) is 0 Å². The minimum atomic E-state index is -1.13. The number of hydrogen-bond donors (Lipinski definition) is 1. The predicted molar refractivity (Wildman–Crippen MR) is 89.2 cm³/mol. The quantitative estimate of drug-likeness (QED) is 0.798. The number of nitrogens with zero attached hydrogens (tertiary/aromatic N) is 1. The van der Waals surface area contributed by atoms with Gasteiger partial charge in [-0.25, -0.2) is 13.2 Å². The van der Waals surface area contributed by atoms with Gasteiger partial charge in [-0.1, -0.05) is 11.6 Å². The molecule has 1 N–H and O–H groups in total. The maximum atomic E-state index is 14.3. The van der Waals surface area contributed by atoms with Gasteiger partial charge in [-0.05, 0) is 24.3 Å². The van der Waals surface area contributed by atoms with E-state index in [2.05, 4.69) is 5.32 Å². The predicted octanol–water partition coefficient (Wildman–Crippen LogP) is 4.24. The lowest BCUT2D eigenvalue weighted by Crippen LogP contribution is -2.45. The first-order chi connectivity index (χ1) is 10.6. The fourth-order valence-electron chi connectivity index (χ4n) is 2.71. The van der Waals surface area contributed by atoms with E-state index in [0.29, 0.717) is 35.4 Å². The molecule has 0 saturated carbocycles. The molecule has 1 saturated heterocycles. The molecule has 3 rings (SSSR count). The van der Waals surface area contributed by atoms with Crippen molar-refractivity contribution >= 4 is 35.3 Å². The average molecular weight is 383 g/mol. The van der Waals surface area contributed by atoms with E-state index in [4.69, 9.17) is 11.6 Å². The van der Waals surface area contributed by atoms with Gasteiger partial charge in [0, 0.05) is 36.6 Å². The summed E-state index contributed by atoms with van der Waals surface area (Å²) in [5.41, 5.74) is -0.250. The molecule has 2 aromatic rings. The van der Waals surface area contributed by atoms with Crippen LogP contribution in [-0.2, 0) is 0 Å². The smallest absolute Gasteiger partial charge is 0.166 e. The molecule has 1 fully saturated rings. The first-order valence-electron chi connectivity index (χ1n) is 6.91. The molecule has 23 heavy (non-hydrogen) atoms. The van der Waals surface area contributed by atoms with E-state index >= 15 is 0 Å². The lowest BCUT2D eigenvalue weighted by Gasteiger charge is -2.35. The number of rotatable bonds is 3. The largest absolute Gasteiger partial charge is 0.314 e. The van der Waals surface area contributed by atoms with Crippen LogP contribution in [0.1, 0.15) is 16.5 Å². The molecule has 1 aliphatic rings. The minimum Gasteiger partial charge on any atom is -0.314 e. The van der Waals surface area contributed by atoms with Gasteiger partial charge in [-0.2, -0.15) is 0 Å². The first-order valence-corrected chi connectivity index (χ1v) is 8.11. The monoisotopic (exact) mass is 382 g/mol. The van der Waals surface area contributed by atoms with E-state index in [0.717, 1.165) is 12.1 Å². The third kappa shape index (κ3) is 3.83. The summed E-state index contributed by atoms with van der Waals surface area (Å²) in [7, 11) is 0. The minimum absolute atomic E-state index is 0. The highest BCUT2D eigenvalue weighted by Crippen LogP contribution is 2.38. The van der Waals surface area contributed by atoms with Gasteiger partial charge in [0.1, 0.15) is 5.82 Å². The Hall–Kier alpha value is -0.790. The van der Waals surface area contributed by atoms with Crippen molar-refractivity contribution in [3.05, 3.63) is 56.5 Å². The highest BCUT2D eigenvalue weighted by Gasteiger charge is 2.31. The molecule has 1 atom stereocenters. The molecule has 126 valence electrons. The molecule has 1 aliphatic heterocycles. The van der Waals surface area contributed by atoms with Crippen molar-refractivity contribution < 1.29 is 13.2 Å². The Labute approximate surface area is 147 Å². The fraction of sp³-hybridized carbons (Fsp3) is 0.333. The zero-order valence-electron chi connectivity index (χ0n) is 12.0. The first kappa shape index (κ1) is 18.5. The molecular formula is C15H15Cl2F3N2S. The van der Waals surface area contributed by atoms with Crippen molar-refractivity contribution in [1.29, 1.82) is 0 Å². The summed E-state index contributed by atoms with van der Waals surface area (Å²) in [6.07, 6.45) is 0. The third-order valence-electron chi connectivity index (χ3n) is 3.73. The lowest BCUT2D eigenvalue weighted by atomic mass is 10.0. The Kier molecular flexibility index (Phi) is 6.33. The van der Waals surface area contributed by atoms with Crippen molar-refractivity contribution in [1.82, 2.24) is 10.2 Å². The molecule has 0 spiro atoms. The van der Waals surface area contributed by atoms with E-state index in [1.165, 1.54) is 11.3 Å². The van der Waals surface area contributed by atoms with Gasteiger partial charge in [0.25, 0.3) is 0 Å². The molecule has 2 heterocycles. The number of benzene rings is 1. The zero-order valence-corrected chi connectivity index (χ0v) is 14.4. The fourth-order valence-corrected chi connectivity index (χ4v) is 3.92. The molecular weight excluding hydrogens is 368 g/mol. The summed E-state index contributed by atoms with van der Waals surface area (Å²) in [5, 5.41) is 3.19. The van der Waals surface area contributed by atoms with Crippen LogP contribution >= 0.6 is 35.3 Å². The van der Waals surface area contributed by atoms with Crippen LogP contribution in [0.25, 0.3) is 0 Å². The van der Waals surface area contributed by atoms with Crippen LogP contribution in [0.5, 0.6) is 0 Å². The summed E-state index contributed by atoms with van der Waals surface area (Å²) >= 11 is 7.22. The maximum Gasteiger partial charge on any atom is 0.166 e. The van der Waals surface area contributed by atoms with Crippen molar-refractivity contribution in [2.24, 2.45) is 0 Å². The number of piperazine rings is 1. The highest BCUT2D eigenvalue weighted by molar-refractivity contribution is 7.16. The number of thiophene rings is 1. The Balaban J connectivity index is 0.00000192. The van der Waals surface area contributed by atoms with Crippen LogP contribution in [0.2, 0.25) is 4.34 Å². The van der Waals surface area contributed by atoms with Crippen molar-refractivity contribution in [2.45, 2.75) is 6.04 Å². The number of hydrogen-bond acceptors (Lipinski definition) is 3. The second-order valence-corrected chi connectivity index (χ2v) is 6.83. The van der Waals surface area contributed by atoms with Crippen LogP contribution in [0.3, 0.4) is 0 Å². The van der Waals surface area contributed by atoms with Crippen molar-refractivity contribution in [2.75, 3.05) is 26.2 Å². The van der Waals surface area contributed by atoms with Gasteiger partial charge < -0.3 is 5.32 Å².